The van der Waals surface area contributed by atoms with Crippen molar-refractivity contribution in [3.8, 4) is 5.75 Å². The molecule has 0 saturated carbocycles. The zero-order chi connectivity index (χ0) is 16.6. The van der Waals surface area contributed by atoms with Crippen molar-refractivity contribution in [2.75, 3.05) is 0 Å². The van der Waals surface area contributed by atoms with Crippen molar-refractivity contribution in [2.24, 2.45) is 0 Å². The number of aromatic hydroxyl groups is 1. The lowest BCUT2D eigenvalue weighted by Crippen LogP contribution is -2.11. The van der Waals surface area contributed by atoms with Crippen molar-refractivity contribution in [3.63, 3.8) is 0 Å². The van der Waals surface area contributed by atoms with Gasteiger partial charge in [-0.25, -0.2) is 4.79 Å². The number of phenols is 1. The molecule has 0 fully saturated rings. The number of ketones is 2. The van der Waals surface area contributed by atoms with Gasteiger partial charge in [0, 0.05) is 0 Å². The van der Waals surface area contributed by atoms with Crippen LogP contribution in [0, 0.1) is 0 Å². The molecule has 0 unspecified atom stereocenters. The van der Waals surface area contributed by atoms with Gasteiger partial charge in [-0.2, -0.15) is 0 Å². The van der Waals surface area contributed by atoms with Crippen molar-refractivity contribution in [1.82, 2.24) is 0 Å². The normalized spacial score (nSPS) is 19.4. The Bertz CT molecular complexity index is 850. The zero-order valence-corrected chi connectivity index (χ0v) is 11.6. The summed E-state index contributed by atoms with van der Waals surface area (Å²) in [7, 11) is 0. The Morgan fingerprint density at radius 1 is 1.00 bits per heavy atom. The molecule has 1 aliphatic carbocycles. The summed E-state index contributed by atoms with van der Waals surface area (Å²) < 4.78 is 4.94. The van der Waals surface area contributed by atoms with Crippen LogP contribution in [-0.4, -0.2) is 22.6 Å². The first-order valence-corrected chi connectivity index (χ1v) is 6.59. The lowest BCUT2D eigenvalue weighted by atomic mass is 10.0. The smallest absolute Gasteiger partial charge is 0.343 e. The zero-order valence-electron chi connectivity index (χ0n) is 11.6. The fourth-order valence-corrected chi connectivity index (χ4v) is 2.15. The Balaban J connectivity index is 1.99. The number of cyclic esters (lactones) is 1. The van der Waals surface area contributed by atoms with Crippen LogP contribution in [0.25, 0.3) is 5.57 Å². The minimum Gasteiger partial charge on any atom is -0.869 e. The molecule has 23 heavy (non-hydrogen) atoms. The second kappa shape index (κ2) is 5.42. The molecule has 6 nitrogen and oxygen atoms in total. The molecule has 1 aromatic rings. The minimum absolute atomic E-state index is 0.00427. The molecule has 0 bridgehead atoms. The van der Waals surface area contributed by atoms with Gasteiger partial charge in [0.25, 0.3) is 0 Å². The molecule has 0 radical (unpaired) electrons. The van der Waals surface area contributed by atoms with Crippen LogP contribution < -0.4 is 5.11 Å². The van der Waals surface area contributed by atoms with Crippen molar-refractivity contribution in [2.45, 2.75) is 0 Å². The van der Waals surface area contributed by atoms with Crippen molar-refractivity contribution >= 4 is 23.1 Å². The Morgan fingerprint density at radius 2 is 1.70 bits per heavy atom. The Kier molecular flexibility index (Phi) is 3.42. The molecule has 0 aromatic heterocycles. The van der Waals surface area contributed by atoms with Gasteiger partial charge in [-0.15, -0.1) is 0 Å². The van der Waals surface area contributed by atoms with Crippen LogP contribution in [0.15, 0.2) is 65.7 Å². The largest absolute Gasteiger partial charge is 0.869 e. The molecule has 1 heterocycles. The van der Waals surface area contributed by atoms with Gasteiger partial charge in [-0.05, 0) is 47.3 Å². The summed E-state index contributed by atoms with van der Waals surface area (Å²) in [5.74, 6) is -3.02. The van der Waals surface area contributed by atoms with Gasteiger partial charge in [0.1, 0.15) is 11.5 Å². The van der Waals surface area contributed by atoms with E-state index >= 15 is 0 Å². The Labute approximate surface area is 130 Å². The van der Waals surface area contributed by atoms with E-state index in [4.69, 9.17) is 4.74 Å². The average molecular weight is 309 g/mol. The molecule has 114 valence electrons. The number of esters is 1. The third kappa shape index (κ3) is 2.69. The van der Waals surface area contributed by atoms with Crippen LogP contribution in [0.3, 0.4) is 0 Å². The maximum atomic E-state index is 12.3. The standard InChI is InChI=1S/C17H10O6/c18-11-4-2-10(3-5-11)15-16(21)14(23-17(15)22)8-9-1-6-12(19)13(20)7-9/h1-8,18,21H/p-1/b14-8-. The summed E-state index contributed by atoms with van der Waals surface area (Å²) in [6.07, 6.45) is 4.74. The number of carbonyl (C=O) groups excluding carboxylic acids is 3. The first kappa shape index (κ1) is 14.5. The van der Waals surface area contributed by atoms with E-state index in [1.165, 1.54) is 36.4 Å². The topological polar surface area (TPSA) is 104 Å². The van der Waals surface area contributed by atoms with E-state index in [0.29, 0.717) is 5.56 Å². The van der Waals surface area contributed by atoms with Crippen LogP contribution in [0.4, 0.5) is 0 Å². The van der Waals surface area contributed by atoms with Crippen molar-refractivity contribution in [3.05, 3.63) is 71.2 Å². The van der Waals surface area contributed by atoms with Gasteiger partial charge in [0.05, 0.1) is 5.57 Å². The van der Waals surface area contributed by atoms with Crippen molar-refractivity contribution in [1.29, 1.82) is 0 Å². The molecule has 2 aliphatic rings. The molecule has 0 saturated heterocycles. The number of carbonyl (C=O) groups is 3. The molecule has 0 atom stereocenters. The third-order valence-electron chi connectivity index (χ3n) is 3.28. The van der Waals surface area contributed by atoms with E-state index in [2.05, 4.69) is 0 Å². The summed E-state index contributed by atoms with van der Waals surface area (Å²) in [5.41, 5.74) is 0.456. The molecule has 3 rings (SSSR count). The second-order valence-corrected chi connectivity index (χ2v) is 4.86. The molecular formula is C17H9O6-. The highest BCUT2D eigenvalue weighted by molar-refractivity contribution is 6.46. The molecular weight excluding hydrogens is 300 g/mol. The fraction of sp³-hybridized carbons (Fsp3) is 0. The number of benzene rings is 1. The third-order valence-corrected chi connectivity index (χ3v) is 3.28. The van der Waals surface area contributed by atoms with Gasteiger partial charge in [-0.1, -0.05) is 18.2 Å². The number of ether oxygens (including phenoxy) is 1. The van der Waals surface area contributed by atoms with E-state index in [-0.39, 0.29) is 22.7 Å². The first-order chi connectivity index (χ1) is 11.0. The summed E-state index contributed by atoms with van der Waals surface area (Å²) in [6.45, 7) is 0. The monoisotopic (exact) mass is 309 g/mol. The van der Waals surface area contributed by atoms with Gasteiger partial charge in [0.15, 0.2) is 0 Å². The maximum absolute atomic E-state index is 12.3. The van der Waals surface area contributed by atoms with Gasteiger partial charge >= 0.3 is 5.97 Å². The minimum atomic E-state index is -0.810. The lowest BCUT2D eigenvalue weighted by molar-refractivity contribution is -0.298. The first-order valence-electron chi connectivity index (χ1n) is 6.59. The van der Waals surface area contributed by atoms with Gasteiger partial charge in [0.2, 0.25) is 11.6 Å². The SMILES string of the molecule is O=C1C=CC(/C=C2\OC(=O)C(c3ccc(O)cc3)=C2[O-])=CC1=O. The predicted octanol–water partition coefficient (Wildman–Crippen LogP) is 0.539. The number of hydrogen-bond donors (Lipinski definition) is 1. The van der Waals surface area contributed by atoms with E-state index in [1.807, 2.05) is 0 Å². The number of hydrogen-bond acceptors (Lipinski definition) is 6. The highest BCUT2D eigenvalue weighted by Gasteiger charge is 2.26. The van der Waals surface area contributed by atoms with Crippen molar-refractivity contribution < 1.29 is 29.3 Å². The predicted molar refractivity (Wildman–Crippen MR) is 76.4 cm³/mol. The molecule has 0 amide bonds. The molecule has 6 heteroatoms. The Hall–Kier alpha value is -3.41. The summed E-state index contributed by atoms with van der Waals surface area (Å²) in [6, 6.07) is 5.55. The molecule has 0 spiro atoms. The number of phenolic OH excluding ortho intramolecular Hbond substituents is 1. The highest BCUT2D eigenvalue weighted by atomic mass is 16.6. The summed E-state index contributed by atoms with van der Waals surface area (Å²) >= 11 is 0. The second-order valence-electron chi connectivity index (χ2n) is 4.86. The van der Waals surface area contributed by atoms with E-state index < -0.39 is 23.3 Å². The van der Waals surface area contributed by atoms with Crippen LogP contribution in [-0.2, 0) is 19.1 Å². The molecule has 1 aliphatic heterocycles. The number of rotatable bonds is 2. The van der Waals surface area contributed by atoms with E-state index in [1.54, 1.807) is 0 Å². The number of allylic oxidation sites excluding steroid dienone is 5. The van der Waals surface area contributed by atoms with Gasteiger partial charge in [-0.3, -0.25) is 9.59 Å². The quantitative estimate of drug-likeness (QED) is 0.486. The van der Waals surface area contributed by atoms with Crippen LogP contribution in [0.5, 0.6) is 5.75 Å². The van der Waals surface area contributed by atoms with E-state index in [9.17, 15) is 24.6 Å². The highest BCUT2D eigenvalue weighted by Crippen LogP contribution is 2.31. The molecule has 1 N–H and O–H groups in total. The van der Waals surface area contributed by atoms with E-state index in [0.717, 1.165) is 12.2 Å². The maximum Gasteiger partial charge on any atom is 0.343 e. The Morgan fingerprint density at radius 3 is 2.35 bits per heavy atom. The summed E-state index contributed by atoms with van der Waals surface area (Å²) in [5, 5.41) is 21.6. The lowest BCUT2D eigenvalue weighted by Gasteiger charge is -2.09. The van der Waals surface area contributed by atoms with Crippen LogP contribution in [0.1, 0.15) is 5.56 Å². The van der Waals surface area contributed by atoms with Gasteiger partial charge < -0.3 is 14.9 Å². The summed E-state index contributed by atoms with van der Waals surface area (Å²) in [4.78, 5) is 34.3. The fourth-order valence-electron chi connectivity index (χ4n) is 2.15. The van der Waals surface area contributed by atoms with Crippen LogP contribution in [0.2, 0.25) is 0 Å². The van der Waals surface area contributed by atoms with Crippen LogP contribution >= 0.6 is 0 Å². The average Bonchev–Trinajstić information content (AvgIpc) is 2.79. The molecule has 1 aromatic carbocycles.